The summed E-state index contributed by atoms with van der Waals surface area (Å²) in [5.41, 5.74) is 1.57. The third-order valence-electron chi connectivity index (χ3n) is 2.42. The molecule has 1 rings (SSSR count). The van der Waals surface area contributed by atoms with Crippen molar-refractivity contribution in [2.75, 3.05) is 26.1 Å². The molecular formula is C13H18N2O4. The van der Waals surface area contributed by atoms with Gasteiger partial charge in [0.25, 0.3) is 0 Å². The lowest BCUT2D eigenvalue weighted by Crippen LogP contribution is -2.22. The summed E-state index contributed by atoms with van der Waals surface area (Å²) < 4.78 is 9.78. The number of carbonyl (C=O) groups excluding carboxylic acids is 2. The Morgan fingerprint density at radius 1 is 1.32 bits per heavy atom. The van der Waals surface area contributed by atoms with E-state index in [9.17, 15) is 9.59 Å². The third kappa shape index (κ3) is 4.59. The molecule has 0 aliphatic rings. The van der Waals surface area contributed by atoms with Gasteiger partial charge in [0.15, 0.2) is 0 Å². The maximum Gasteiger partial charge on any atom is 0.412 e. The van der Waals surface area contributed by atoms with Crippen molar-refractivity contribution in [1.29, 1.82) is 0 Å². The molecule has 0 aromatic heterocycles. The highest BCUT2D eigenvalue weighted by Gasteiger charge is 2.08. The highest BCUT2D eigenvalue weighted by Crippen LogP contribution is 2.22. The lowest BCUT2D eigenvalue weighted by atomic mass is 10.1. The first-order valence-corrected chi connectivity index (χ1v) is 5.92. The van der Waals surface area contributed by atoms with Gasteiger partial charge in [-0.3, -0.25) is 4.79 Å². The number of nitrogens with one attached hydrogen (secondary N) is 2. The number of rotatable bonds is 5. The zero-order valence-electron chi connectivity index (χ0n) is 11.3. The van der Waals surface area contributed by atoms with E-state index in [-0.39, 0.29) is 12.5 Å². The van der Waals surface area contributed by atoms with Crippen LogP contribution in [-0.2, 0) is 16.0 Å². The summed E-state index contributed by atoms with van der Waals surface area (Å²) in [6, 6.07) is 5.04. The number of hydrogen-bond acceptors (Lipinski definition) is 4. The van der Waals surface area contributed by atoms with Crippen molar-refractivity contribution in [2.45, 2.75) is 13.3 Å². The molecule has 0 atom stereocenters. The van der Waals surface area contributed by atoms with Crippen LogP contribution in [0.25, 0.3) is 0 Å². The number of methoxy groups -OCH3 is 1. The summed E-state index contributed by atoms with van der Waals surface area (Å²) in [5, 5.41) is 5.10. The van der Waals surface area contributed by atoms with E-state index >= 15 is 0 Å². The molecule has 0 spiro atoms. The van der Waals surface area contributed by atoms with Crippen molar-refractivity contribution in [3.8, 4) is 5.75 Å². The van der Waals surface area contributed by atoms with Crippen molar-refractivity contribution >= 4 is 17.7 Å². The molecular weight excluding hydrogens is 248 g/mol. The number of anilines is 1. The Morgan fingerprint density at radius 3 is 2.63 bits per heavy atom. The molecule has 0 radical (unpaired) electrons. The Balaban J connectivity index is 2.84. The summed E-state index contributed by atoms with van der Waals surface area (Å²) in [7, 11) is 2.95. The van der Waals surface area contributed by atoms with Gasteiger partial charge in [-0.1, -0.05) is 6.92 Å². The van der Waals surface area contributed by atoms with Crippen LogP contribution in [0.1, 0.15) is 12.5 Å². The molecule has 0 fully saturated rings. The molecule has 1 aromatic rings. The van der Waals surface area contributed by atoms with Gasteiger partial charge in [-0.25, -0.2) is 4.79 Å². The molecule has 104 valence electrons. The van der Waals surface area contributed by atoms with E-state index in [4.69, 9.17) is 9.47 Å². The second kappa shape index (κ2) is 7.38. The summed E-state index contributed by atoms with van der Waals surface area (Å²) in [6.45, 7) is 1.95. The highest BCUT2D eigenvalue weighted by atomic mass is 16.5. The first kappa shape index (κ1) is 15.0. The van der Waals surface area contributed by atoms with E-state index in [1.807, 2.05) is 6.92 Å². The van der Waals surface area contributed by atoms with Gasteiger partial charge in [0, 0.05) is 19.8 Å². The largest absolute Gasteiger partial charge is 0.412 e. The summed E-state index contributed by atoms with van der Waals surface area (Å²) >= 11 is 0. The number of carbonyl (C=O) groups is 2. The van der Waals surface area contributed by atoms with Gasteiger partial charge in [0.05, 0.1) is 0 Å². The predicted octanol–water partition coefficient (Wildman–Crippen LogP) is 1.55. The van der Waals surface area contributed by atoms with E-state index in [1.54, 1.807) is 18.2 Å². The van der Waals surface area contributed by atoms with Crippen molar-refractivity contribution in [3.05, 3.63) is 23.8 Å². The van der Waals surface area contributed by atoms with Crippen LogP contribution in [0.5, 0.6) is 5.75 Å². The van der Waals surface area contributed by atoms with Gasteiger partial charge >= 0.3 is 6.09 Å². The Hall–Kier alpha value is -2.08. The molecule has 0 aliphatic carbocycles. The quantitative estimate of drug-likeness (QED) is 0.847. The molecule has 0 heterocycles. The summed E-state index contributed by atoms with van der Waals surface area (Å²) in [4.78, 5) is 22.6. The molecule has 0 unspecified atom stereocenters. The average molecular weight is 266 g/mol. The molecule has 19 heavy (non-hydrogen) atoms. The van der Waals surface area contributed by atoms with Gasteiger partial charge in [0.2, 0.25) is 5.91 Å². The first-order valence-electron chi connectivity index (χ1n) is 5.92. The molecule has 0 saturated carbocycles. The Morgan fingerprint density at radius 2 is 2.05 bits per heavy atom. The van der Waals surface area contributed by atoms with Crippen LogP contribution < -0.4 is 15.4 Å². The van der Waals surface area contributed by atoms with E-state index in [1.165, 1.54) is 14.2 Å². The van der Waals surface area contributed by atoms with Crippen LogP contribution in [0.15, 0.2) is 18.2 Å². The van der Waals surface area contributed by atoms with Crippen LogP contribution >= 0.6 is 0 Å². The molecule has 0 saturated heterocycles. The highest BCUT2D eigenvalue weighted by molar-refractivity contribution is 5.92. The summed E-state index contributed by atoms with van der Waals surface area (Å²) in [5.74, 6) is 0.207. The zero-order chi connectivity index (χ0) is 14.3. The molecule has 2 amide bonds. The van der Waals surface area contributed by atoms with Crippen LogP contribution in [0.3, 0.4) is 0 Å². The van der Waals surface area contributed by atoms with Crippen LogP contribution in [-0.4, -0.2) is 32.8 Å². The minimum Gasteiger partial charge on any atom is -0.410 e. The van der Waals surface area contributed by atoms with Crippen LogP contribution in [0, 0.1) is 0 Å². The maximum absolute atomic E-state index is 11.5. The average Bonchev–Trinajstić information content (AvgIpc) is 2.40. The monoisotopic (exact) mass is 266 g/mol. The summed E-state index contributed by atoms with van der Waals surface area (Å²) in [6.07, 6.45) is 0.172. The molecule has 6 nitrogen and oxygen atoms in total. The second-order valence-corrected chi connectivity index (χ2v) is 3.79. The third-order valence-corrected chi connectivity index (χ3v) is 2.42. The van der Waals surface area contributed by atoms with Crippen LogP contribution in [0.2, 0.25) is 0 Å². The Bertz CT molecular complexity index is 460. The normalized spacial score (nSPS) is 9.84. The number of amides is 2. The fraction of sp³-hybridized carbons (Fsp3) is 0.385. The van der Waals surface area contributed by atoms with Crippen molar-refractivity contribution in [3.63, 3.8) is 0 Å². The minimum atomic E-state index is -0.529. The number of benzene rings is 1. The second-order valence-electron chi connectivity index (χ2n) is 3.79. The molecule has 2 N–H and O–H groups in total. The number of hydrogen-bond donors (Lipinski definition) is 2. The van der Waals surface area contributed by atoms with Gasteiger partial charge in [-0.05, 0) is 30.2 Å². The van der Waals surface area contributed by atoms with E-state index < -0.39 is 6.09 Å². The first-order chi connectivity index (χ1) is 9.10. The minimum absolute atomic E-state index is 0.000351. The Kier molecular flexibility index (Phi) is 5.81. The molecule has 1 aromatic carbocycles. The SMILES string of the molecule is CCc1cc(OC(=O)NC)ccc1NC(=O)COC. The molecule has 0 aliphatic heterocycles. The van der Waals surface area contributed by atoms with E-state index in [2.05, 4.69) is 10.6 Å². The number of aryl methyl sites for hydroxylation is 1. The standard InChI is InChI=1S/C13H18N2O4/c1-4-9-7-10(19-13(17)14-2)5-6-11(9)15-12(16)8-18-3/h5-7H,4,8H2,1-3H3,(H,14,17)(H,15,16). The zero-order valence-corrected chi connectivity index (χ0v) is 11.3. The topological polar surface area (TPSA) is 76.7 Å². The van der Waals surface area contributed by atoms with E-state index in [0.29, 0.717) is 17.9 Å². The van der Waals surface area contributed by atoms with Crippen molar-refractivity contribution in [1.82, 2.24) is 5.32 Å². The van der Waals surface area contributed by atoms with Gasteiger partial charge < -0.3 is 20.1 Å². The van der Waals surface area contributed by atoms with Crippen molar-refractivity contribution < 1.29 is 19.1 Å². The lowest BCUT2D eigenvalue weighted by Gasteiger charge is -2.11. The fourth-order valence-electron chi connectivity index (χ4n) is 1.52. The molecule has 6 heteroatoms. The molecule has 0 bridgehead atoms. The fourth-order valence-corrected chi connectivity index (χ4v) is 1.52. The Labute approximate surface area is 112 Å². The van der Waals surface area contributed by atoms with Gasteiger partial charge in [0.1, 0.15) is 12.4 Å². The smallest absolute Gasteiger partial charge is 0.410 e. The van der Waals surface area contributed by atoms with Gasteiger partial charge in [-0.15, -0.1) is 0 Å². The predicted molar refractivity (Wildman–Crippen MR) is 71.4 cm³/mol. The van der Waals surface area contributed by atoms with Crippen molar-refractivity contribution in [2.24, 2.45) is 0 Å². The van der Waals surface area contributed by atoms with Crippen LogP contribution in [0.4, 0.5) is 10.5 Å². The number of ether oxygens (including phenoxy) is 2. The van der Waals surface area contributed by atoms with Gasteiger partial charge in [-0.2, -0.15) is 0 Å². The lowest BCUT2D eigenvalue weighted by molar-refractivity contribution is -0.119. The maximum atomic E-state index is 11.5. The van der Waals surface area contributed by atoms with E-state index in [0.717, 1.165) is 5.56 Å².